The van der Waals surface area contributed by atoms with Gasteiger partial charge in [-0.25, -0.2) is 0 Å². The molecular weight excluding hydrogens is 170 g/mol. The van der Waals surface area contributed by atoms with Gasteiger partial charge in [0, 0.05) is 13.1 Å². The summed E-state index contributed by atoms with van der Waals surface area (Å²) in [5.74, 6) is 3.09. The second kappa shape index (κ2) is 4.65. The Balaban J connectivity index is 2.02. The van der Waals surface area contributed by atoms with Crippen molar-refractivity contribution in [3.8, 4) is 0 Å². The van der Waals surface area contributed by atoms with E-state index in [1.54, 1.807) is 0 Å². The average molecular weight is 195 g/mol. The van der Waals surface area contributed by atoms with Gasteiger partial charge in [-0.2, -0.15) is 0 Å². The minimum Gasteiger partial charge on any atom is -0.303 e. The third kappa shape index (κ3) is 2.31. The van der Waals surface area contributed by atoms with Crippen LogP contribution < -0.4 is 0 Å². The molecule has 0 aromatic rings. The molecule has 2 aliphatic rings. The molecule has 2 atom stereocenters. The molecular formula is C13H25N. The van der Waals surface area contributed by atoms with E-state index in [-0.39, 0.29) is 0 Å². The minimum absolute atomic E-state index is 1.02. The van der Waals surface area contributed by atoms with Gasteiger partial charge in [-0.05, 0) is 50.0 Å². The van der Waals surface area contributed by atoms with Gasteiger partial charge in [-0.15, -0.1) is 0 Å². The highest BCUT2D eigenvalue weighted by molar-refractivity contribution is 4.83. The summed E-state index contributed by atoms with van der Waals surface area (Å²) < 4.78 is 0. The number of rotatable bonds is 2. The predicted molar refractivity (Wildman–Crippen MR) is 61.3 cm³/mol. The maximum absolute atomic E-state index is 2.69. The topological polar surface area (TPSA) is 3.24 Å². The van der Waals surface area contributed by atoms with Crippen molar-refractivity contribution >= 4 is 0 Å². The van der Waals surface area contributed by atoms with E-state index >= 15 is 0 Å². The van der Waals surface area contributed by atoms with E-state index in [0.717, 1.165) is 17.8 Å². The van der Waals surface area contributed by atoms with Crippen LogP contribution in [0.1, 0.15) is 46.0 Å². The second-order valence-corrected chi connectivity index (χ2v) is 5.41. The van der Waals surface area contributed by atoms with E-state index in [9.17, 15) is 0 Å². The van der Waals surface area contributed by atoms with E-state index in [1.807, 2.05) is 0 Å². The maximum atomic E-state index is 2.69. The number of fused-ring (bicyclic) bond motifs is 3. The molecule has 2 unspecified atom stereocenters. The minimum atomic E-state index is 1.02. The number of hydrogen-bond acceptors (Lipinski definition) is 1. The summed E-state index contributed by atoms with van der Waals surface area (Å²) in [5.41, 5.74) is 0. The van der Waals surface area contributed by atoms with Crippen molar-refractivity contribution in [3.63, 3.8) is 0 Å². The van der Waals surface area contributed by atoms with Crippen molar-refractivity contribution in [1.82, 2.24) is 4.90 Å². The summed E-state index contributed by atoms with van der Waals surface area (Å²) in [6.45, 7) is 8.75. The standard InChI is InChI=1S/C13H25N/c1-3-11-7-12-5-6-13(8-11)10-14(4-2)9-12/h11-13H,3-10H2,1-2H3. The summed E-state index contributed by atoms with van der Waals surface area (Å²) in [4.78, 5) is 2.69. The van der Waals surface area contributed by atoms with Gasteiger partial charge < -0.3 is 4.90 Å². The Morgan fingerprint density at radius 2 is 1.57 bits per heavy atom. The van der Waals surface area contributed by atoms with Crippen LogP contribution in [0, 0.1) is 17.8 Å². The number of likely N-dealkylation sites (tertiary alicyclic amines) is 1. The molecule has 0 amide bonds. The summed E-state index contributed by atoms with van der Waals surface area (Å²) in [6.07, 6.45) is 7.47. The third-order valence-corrected chi connectivity index (χ3v) is 4.37. The Labute approximate surface area is 88.9 Å². The molecule has 1 saturated carbocycles. The summed E-state index contributed by atoms with van der Waals surface area (Å²) in [7, 11) is 0. The van der Waals surface area contributed by atoms with Crippen molar-refractivity contribution in [2.24, 2.45) is 17.8 Å². The zero-order valence-electron chi connectivity index (χ0n) is 9.84. The van der Waals surface area contributed by atoms with Crippen LogP contribution in [0.25, 0.3) is 0 Å². The normalized spacial score (nSPS) is 39.4. The van der Waals surface area contributed by atoms with Crippen molar-refractivity contribution < 1.29 is 0 Å². The van der Waals surface area contributed by atoms with Gasteiger partial charge in [-0.1, -0.05) is 20.3 Å². The monoisotopic (exact) mass is 195 g/mol. The molecule has 14 heavy (non-hydrogen) atoms. The summed E-state index contributed by atoms with van der Waals surface area (Å²) >= 11 is 0. The molecule has 82 valence electrons. The highest BCUT2D eigenvalue weighted by Crippen LogP contribution is 2.36. The van der Waals surface area contributed by atoms with Gasteiger partial charge in [0.25, 0.3) is 0 Å². The van der Waals surface area contributed by atoms with Crippen LogP contribution in [0.4, 0.5) is 0 Å². The predicted octanol–water partition coefficient (Wildman–Crippen LogP) is 3.15. The Bertz CT molecular complexity index is 146. The van der Waals surface area contributed by atoms with E-state index in [0.29, 0.717) is 0 Å². The lowest BCUT2D eigenvalue weighted by Crippen LogP contribution is -2.34. The van der Waals surface area contributed by atoms with Crippen LogP contribution in [-0.4, -0.2) is 24.5 Å². The van der Waals surface area contributed by atoms with E-state index in [4.69, 9.17) is 0 Å². The van der Waals surface area contributed by atoms with Crippen LogP contribution in [0.3, 0.4) is 0 Å². The average Bonchev–Trinajstić information content (AvgIpc) is 2.47. The van der Waals surface area contributed by atoms with Gasteiger partial charge in [0.15, 0.2) is 0 Å². The lowest BCUT2D eigenvalue weighted by atomic mass is 9.87. The largest absolute Gasteiger partial charge is 0.303 e. The first-order valence-corrected chi connectivity index (χ1v) is 6.54. The molecule has 1 aliphatic heterocycles. The summed E-state index contributed by atoms with van der Waals surface area (Å²) in [6, 6.07) is 0. The highest BCUT2D eigenvalue weighted by atomic mass is 15.1. The Kier molecular flexibility index (Phi) is 3.48. The van der Waals surface area contributed by atoms with Gasteiger partial charge in [0.2, 0.25) is 0 Å². The van der Waals surface area contributed by atoms with E-state index < -0.39 is 0 Å². The molecule has 1 heteroatoms. The van der Waals surface area contributed by atoms with Crippen molar-refractivity contribution in [1.29, 1.82) is 0 Å². The molecule has 0 radical (unpaired) electrons. The van der Waals surface area contributed by atoms with Crippen molar-refractivity contribution in [2.45, 2.75) is 46.0 Å². The molecule has 0 N–H and O–H groups in total. The summed E-state index contributed by atoms with van der Waals surface area (Å²) in [5, 5.41) is 0. The SMILES string of the molecule is CCC1CC2CCC(C1)CN(CC)C2. The van der Waals surface area contributed by atoms with Gasteiger partial charge in [0.05, 0.1) is 0 Å². The molecule has 0 aromatic carbocycles. The van der Waals surface area contributed by atoms with E-state index in [1.165, 1.54) is 51.7 Å². The van der Waals surface area contributed by atoms with Crippen LogP contribution in [0.2, 0.25) is 0 Å². The molecule has 1 heterocycles. The molecule has 2 fully saturated rings. The molecule has 2 bridgehead atoms. The molecule has 2 rings (SSSR count). The maximum Gasteiger partial charge on any atom is 0.000976 e. The first-order chi connectivity index (χ1) is 6.81. The Morgan fingerprint density at radius 1 is 1.00 bits per heavy atom. The Hall–Kier alpha value is -0.0400. The molecule has 1 nitrogen and oxygen atoms in total. The van der Waals surface area contributed by atoms with Gasteiger partial charge >= 0.3 is 0 Å². The van der Waals surface area contributed by atoms with Crippen LogP contribution in [0.5, 0.6) is 0 Å². The quantitative estimate of drug-likeness (QED) is 0.654. The van der Waals surface area contributed by atoms with Crippen LogP contribution in [0.15, 0.2) is 0 Å². The zero-order valence-corrected chi connectivity index (χ0v) is 9.84. The van der Waals surface area contributed by atoms with E-state index in [2.05, 4.69) is 18.7 Å². The fourth-order valence-corrected chi connectivity index (χ4v) is 3.47. The third-order valence-electron chi connectivity index (χ3n) is 4.37. The fraction of sp³-hybridized carbons (Fsp3) is 1.00. The molecule has 1 aliphatic carbocycles. The molecule has 1 saturated heterocycles. The fourth-order valence-electron chi connectivity index (χ4n) is 3.47. The van der Waals surface area contributed by atoms with Gasteiger partial charge in [-0.3, -0.25) is 0 Å². The highest BCUT2D eigenvalue weighted by Gasteiger charge is 2.30. The van der Waals surface area contributed by atoms with Gasteiger partial charge in [0.1, 0.15) is 0 Å². The van der Waals surface area contributed by atoms with Crippen LogP contribution >= 0.6 is 0 Å². The second-order valence-electron chi connectivity index (χ2n) is 5.41. The first-order valence-electron chi connectivity index (χ1n) is 6.54. The number of hydrogen-bond donors (Lipinski definition) is 0. The van der Waals surface area contributed by atoms with Crippen LogP contribution in [-0.2, 0) is 0 Å². The molecule has 0 aromatic heterocycles. The number of nitrogens with zero attached hydrogens (tertiary/aromatic N) is 1. The molecule has 0 spiro atoms. The first kappa shape index (κ1) is 10.5. The Morgan fingerprint density at radius 3 is 2.00 bits per heavy atom. The lowest BCUT2D eigenvalue weighted by molar-refractivity contribution is 0.177. The smallest absolute Gasteiger partial charge is 0.000976 e. The lowest BCUT2D eigenvalue weighted by Gasteiger charge is -2.31. The van der Waals surface area contributed by atoms with Crippen molar-refractivity contribution in [3.05, 3.63) is 0 Å². The zero-order chi connectivity index (χ0) is 9.97. The van der Waals surface area contributed by atoms with Crippen molar-refractivity contribution in [2.75, 3.05) is 19.6 Å².